The first-order valence-corrected chi connectivity index (χ1v) is 6.28. The number of benzene rings is 1. The molecule has 0 radical (unpaired) electrons. The molecule has 0 aromatic heterocycles. The highest BCUT2D eigenvalue weighted by molar-refractivity contribution is 9.10. The van der Waals surface area contributed by atoms with Crippen molar-refractivity contribution in [1.29, 1.82) is 0 Å². The molecule has 0 bridgehead atoms. The van der Waals surface area contributed by atoms with Crippen LogP contribution in [-0.2, 0) is 0 Å². The van der Waals surface area contributed by atoms with Crippen LogP contribution in [-0.4, -0.2) is 5.75 Å². The fourth-order valence-corrected chi connectivity index (χ4v) is 2.28. The first-order chi connectivity index (χ1) is 6.63. The molecule has 14 heavy (non-hydrogen) atoms. The molecule has 0 amide bonds. The summed E-state index contributed by atoms with van der Waals surface area (Å²) < 4.78 is 1.00. The lowest BCUT2D eigenvalue weighted by molar-refractivity contribution is 1.39. The molecule has 2 N–H and O–H groups in total. The Labute approximate surface area is 102 Å². The van der Waals surface area contributed by atoms with E-state index in [0.29, 0.717) is 0 Å². The van der Waals surface area contributed by atoms with Gasteiger partial charge in [0.25, 0.3) is 0 Å². The molecule has 0 atom stereocenters. The van der Waals surface area contributed by atoms with E-state index in [0.717, 1.165) is 26.4 Å². The summed E-state index contributed by atoms with van der Waals surface area (Å²) in [7, 11) is 0. The molecule has 0 spiro atoms. The van der Waals surface area contributed by atoms with Crippen LogP contribution in [0.4, 0.5) is 5.69 Å². The van der Waals surface area contributed by atoms with Gasteiger partial charge in [-0.25, -0.2) is 0 Å². The van der Waals surface area contributed by atoms with E-state index < -0.39 is 0 Å². The molecular formula is C10H11BrClNS. The Balaban J connectivity index is 2.68. The molecule has 0 aliphatic rings. The summed E-state index contributed by atoms with van der Waals surface area (Å²) in [4.78, 5) is 1.09. The van der Waals surface area contributed by atoms with Gasteiger partial charge in [0.1, 0.15) is 0 Å². The van der Waals surface area contributed by atoms with Crippen molar-refractivity contribution < 1.29 is 0 Å². The maximum Gasteiger partial charge on any atom is 0.0463 e. The van der Waals surface area contributed by atoms with Crippen molar-refractivity contribution in [3.63, 3.8) is 0 Å². The zero-order valence-electron chi connectivity index (χ0n) is 7.76. The van der Waals surface area contributed by atoms with Crippen molar-refractivity contribution in [2.45, 2.75) is 11.8 Å². The third kappa shape index (κ3) is 3.56. The molecular weight excluding hydrogens is 282 g/mol. The average Bonchev–Trinajstić information content (AvgIpc) is 2.16. The Morgan fingerprint density at radius 1 is 1.64 bits per heavy atom. The normalized spacial score (nSPS) is 11.8. The minimum atomic E-state index is 0.798. The molecule has 0 fully saturated rings. The predicted molar refractivity (Wildman–Crippen MR) is 68.9 cm³/mol. The molecule has 1 aromatic carbocycles. The largest absolute Gasteiger partial charge is 0.398 e. The van der Waals surface area contributed by atoms with Gasteiger partial charge >= 0.3 is 0 Å². The summed E-state index contributed by atoms with van der Waals surface area (Å²) in [6, 6.07) is 5.89. The van der Waals surface area contributed by atoms with Crippen molar-refractivity contribution in [1.82, 2.24) is 0 Å². The number of rotatable bonds is 3. The van der Waals surface area contributed by atoms with Crippen molar-refractivity contribution in [3.05, 3.63) is 33.8 Å². The topological polar surface area (TPSA) is 26.0 Å². The Kier molecular flexibility index (Phi) is 4.85. The predicted octanol–water partition coefficient (Wildman–Crippen LogP) is 4.27. The number of halogens is 2. The Bertz CT molecular complexity index is 352. The van der Waals surface area contributed by atoms with Gasteiger partial charge in [0.15, 0.2) is 0 Å². The summed E-state index contributed by atoms with van der Waals surface area (Å²) in [6.45, 7) is 2.00. The lowest BCUT2D eigenvalue weighted by Gasteiger charge is -2.05. The maximum atomic E-state index is 5.85. The van der Waals surface area contributed by atoms with Gasteiger partial charge in [0.05, 0.1) is 0 Å². The van der Waals surface area contributed by atoms with Crippen molar-refractivity contribution in [2.24, 2.45) is 0 Å². The number of nitrogen functional groups attached to an aromatic ring is 1. The van der Waals surface area contributed by atoms with Crippen LogP contribution in [0.3, 0.4) is 0 Å². The van der Waals surface area contributed by atoms with Gasteiger partial charge in [0.2, 0.25) is 0 Å². The standard InChI is InChI=1S/C10H11BrClNS/c1-7(5-12)6-14-10-3-2-8(11)4-9(10)13/h2-5H,6,13H2,1H3/b7-5-. The lowest BCUT2D eigenvalue weighted by Crippen LogP contribution is -1.89. The van der Waals surface area contributed by atoms with Crippen LogP contribution < -0.4 is 5.73 Å². The Morgan fingerprint density at radius 2 is 2.36 bits per heavy atom. The van der Waals surface area contributed by atoms with E-state index in [4.69, 9.17) is 17.3 Å². The number of nitrogens with two attached hydrogens (primary N) is 1. The summed E-state index contributed by atoms with van der Waals surface area (Å²) in [5.74, 6) is 0.870. The van der Waals surface area contributed by atoms with Crippen molar-refractivity contribution in [2.75, 3.05) is 11.5 Å². The molecule has 1 aromatic rings. The van der Waals surface area contributed by atoms with Crippen LogP contribution >= 0.6 is 39.3 Å². The highest BCUT2D eigenvalue weighted by Crippen LogP contribution is 2.28. The minimum absolute atomic E-state index is 0.798. The molecule has 0 aliphatic carbocycles. The molecule has 1 rings (SSSR count). The molecule has 0 saturated carbocycles. The summed E-state index contributed by atoms with van der Waals surface area (Å²) in [6.07, 6.45) is 0. The second-order valence-corrected chi connectivity index (χ2v) is 5.08. The van der Waals surface area contributed by atoms with Gasteiger partial charge < -0.3 is 5.73 Å². The third-order valence-electron chi connectivity index (χ3n) is 1.61. The monoisotopic (exact) mass is 291 g/mol. The van der Waals surface area contributed by atoms with E-state index in [1.54, 1.807) is 17.3 Å². The number of hydrogen-bond acceptors (Lipinski definition) is 2. The van der Waals surface area contributed by atoms with E-state index in [1.807, 2.05) is 25.1 Å². The molecule has 76 valence electrons. The molecule has 1 nitrogen and oxygen atoms in total. The maximum absolute atomic E-state index is 5.85. The van der Waals surface area contributed by atoms with Gasteiger partial charge in [-0.3, -0.25) is 0 Å². The first kappa shape index (κ1) is 12.0. The van der Waals surface area contributed by atoms with E-state index in [2.05, 4.69) is 15.9 Å². The Hall–Kier alpha value is -0.120. The highest BCUT2D eigenvalue weighted by Gasteiger charge is 2.00. The van der Waals surface area contributed by atoms with Gasteiger partial charge in [-0.1, -0.05) is 33.1 Å². The van der Waals surface area contributed by atoms with E-state index in [1.165, 1.54) is 0 Å². The number of anilines is 1. The van der Waals surface area contributed by atoms with Gasteiger partial charge in [-0.05, 0) is 25.1 Å². The SMILES string of the molecule is C/C(=C/Cl)CSc1ccc(Br)cc1N. The molecule has 0 saturated heterocycles. The summed E-state index contributed by atoms with van der Waals surface area (Å²) in [5.41, 5.74) is 9.38. The zero-order chi connectivity index (χ0) is 10.6. The zero-order valence-corrected chi connectivity index (χ0v) is 10.9. The number of hydrogen-bond donors (Lipinski definition) is 1. The van der Waals surface area contributed by atoms with Crippen LogP contribution in [0.15, 0.2) is 38.7 Å². The van der Waals surface area contributed by atoms with Gasteiger partial charge in [-0.15, -0.1) is 11.8 Å². The molecule has 4 heteroatoms. The average molecular weight is 293 g/mol. The van der Waals surface area contributed by atoms with Crippen LogP contribution in [0.2, 0.25) is 0 Å². The fraction of sp³-hybridized carbons (Fsp3) is 0.200. The molecule has 0 heterocycles. The van der Waals surface area contributed by atoms with Crippen molar-refractivity contribution >= 4 is 45.0 Å². The van der Waals surface area contributed by atoms with Crippen LogP contribution in [0.5, 0.6) is 0 Å². The van der Waals surface area contributed by atoms with Crippen LogP contribution in [0.25, 0.3) is 0 Å². The second-order valence-electron chi connectivity index (χ2n) is 2.93. The highest BCUT2D eigenvalue weighted by atomic mass is 79.9. The summed E-state index contributed by atoms with van der Waals surface area (Å²) in [5, 5.41) is 0. The van der Waals surface area contributed by atoms with E-state index >= 15 is 0 Å². The first-order valence-electron chi connectivity index (χ1n) is 4.07. The lowest BCUT2D eigenvalue weighted by atomic mass is 10.3. The van der Waals surface area contributed by atoms with E-state index in [-0.39, 0.29) is 0 Å². The third-order valence-corrected chi connectivity index (χ3v) is 3.76. The van der Waals surface area contributed by atoms with Gasteiger partial charge in [0, 0.05) is 26.3 Å². The second kappa shape index (κ2) is 5.69. The Morgan fingerprint density at radius 3 is 2.93 bits per heavy atom. The smallest absolute Gasteiger partial charge is 0.0463 e. The van der Waals surface area contributed by atoms with Crippen LogP contribution in [0, 0.1) is 0 Å². The van der Waals surface area contributed by atoms with Gasteiger partial charge in [-0.2, -0.15) is 0 Å². The molecule has 0 unspecified atom stereocenters. The van der Waals surface area contributed by atoms with E-state index in [9.17, 15) is 0 Å². The quantitative estimate of drug-likeness (QED) is 0.665. The number of thioether (sulfide) groups is 1. The minimum Gasteiger partial charge on any atom is -0.398 e. The molecule has 0 aliphatic heterocycles. The van der Waals surface area contributed by atoms with Crippen LogP contribution in [0.1, 0.15) is 6.92 Å². The summed E-state index contributed by atoms with van der Waals surface area (Å²) >= 11 is 10.6. The fourth-order valence-electron chi connectivity index (χ4n) is 0.874. The van der Waals surface area contributed by atoms with Crippen molar-refractivity contribution in [3.8, 4) is 0 Å².